The third-order valence-corrected chi connectivity index (χ3v) is 5.78. The zero-order valence-corrected chi connectivity index (χ0v) is 20.1. The molecule has 0 fully saturated rings. The van der Waals surface area contributed by atoms with Crippen LogP contribution in [0.1, 0.15) is 53.4 Å². The van der Waals surface area contributed by atoms with Crippen molar-refractivity contribution in [2.45, 2.75) is 71.5 Å². The van der Waals surface area contributed by atoms with Crippen LogP contribution < -0.4 is 27.4 Å². The standard InChI is InChI=1S/C22H42N6O4/c1-7-15(23)10-17(20(24)30)14(4)18(8-2)27-22(32)19(12-29)28-21(31)13(3)9-16(26-6)11-25-5/h11,13-15,17-19,25,29H,6-10,12,23H2,1-5H3,(H2,24,30)(H,27,32)(H,28,31)/b16-11-. The Kier molecular flexibility index (Phi) is 14.2. The highest BCUT2D eigenvalue weighted by atomic mass is 16.3. The molecule has 0 bridgehead atoms. The second-order valence-electron chi connectivity index (χ2n) is 8.23. The number of nitrogens with zero attached hydrogens (tertiary/aromatic N) is 1. The Hall–Kier alpha value is -2.46. The summed E-state index contributed by atoms with van der Waals surface area (Å²) < 4.78 is 0. The average Bonchev–Trinajstić information content (AvgIpc) is 2.77. The van der Waals surface area contributed by atoms with E-state index >= 15 is 0 Å². The Bertz CT molecular complexity index is 654. The van der Waals surface area contributed by atoms with Gasteiger partial charge in [0.25, 0.3) is 0 Å². The van der Waals surface area contributed by atoms with E-state index in [2.05, 4.69) is 27.7 Å². The van der Waals surface area contributed by atoms with Gasteiger partial charge in [0.05, 0.1) is 12.3 Å². The first-order valence-corrected chi connectivity index (χ1v) is 11.1. The fraction of sp³-hybridized carbons (Fsp3) is 0.727. The predicted octanol–water partition coefficient (Wildman–Crippen LogP) is 0.0109. The van der Waals surface area contributed by atoms with Crippen molar-refractivity contribution in [2.75, 3.05) is 13.7 Å². The number of nitrogens with two attached hydrogens (primary N) is 2. The maximum absolute atomic E-state index is 12.8. The molecule has 0 aromatic rings. The first-order valence-electron chi connectivity index (χ1n) is 11.1. The molecule has 0 aromatic carbocycles. The number of amides is 3. The quantitative estimate of drug-likeness (QED) is 0.179. The second-order valence-corrected chi connectivity index (χ2v) is 8.23. The van der Waals surface area contributed by atoms with E-state index < -0.39 is 42.2 Å². The van der Waals surface area contributed by atoms with Crippen LogP contribution in [-0.2, 0) is 14.4 Å². The number of aliphatic hydroxyl groups excluding tert-OH is 1. The zero-order chi connectivity index (χ0) is 24.8. The van der Waals surface area contributed by atoms with Crippen LogP contribution in [0.5, 0.6) is 0 Å². The lowest BCUT2D eigenvalue weighted by molar-refractivity contribution is -0.132. The lowest BCUT2D eigenvalue weighted by atomic mass is 9.81. The number of hydrogen-bond donors (Lipinski definition) is 6. The van der Waals surface area contributed by atoms with Crippen molar-refractivity contribution in [1.82, 2.24) is 16.0 Å². The molecule has 0 radical (unpaired) electrons. The van der Waals surface area contributed by atoms with E-state index in [0.717, 1.165) is 0 Å². The lowest BCUT2D eigenvalue weighted by Gasteiger charge is -2.32. The Labute approximate surface area is 191 Å². The van der Waals surface area contributed by atoms with E-state index in [-0.39, 0.29) is 18.0 Å². The van der Waals surface area contributed by atoms with Crippen LogP contribution in [-0.4, -0.2) is 61.3 Å². The van der Waals surface area contributed by atoms with E-state index in [4.69, 9.17) is 11.5 Å². The van der Waals surface area contributed by atoms with Crippen molar-refractivity contribution < 1.29 is 19.5 Å². The third-order valence-electron chi connectivity index (χ3n) is 5.78. The van der Waals surface area contributed by atoms with Gasteiger partial charge >= 0.3 is 0 Å². The molecular formula is C22H42N6O4. The predicted molar refractivity (Wildman–Crippen MR) is 126 cm³/mol. The smallest absolute Gasteiger partial charge is 0.245 e. The van der Waals surface area contributed by atoms with Crippen LogP contribution in [0.15, 0.2) is 16.9 Å². The minimum atomic E-state index is -1.12. The summed E-state index contributed by atoms with van der Waals surface area (Å²) in [4.78, 5) is 41.2. The second kappa shape index (κ2) is 15.4. The van der Waals surface area contributed by atoms with Gasteiger partial charge in [-0.25, -0.2) is 0 Å². The summed E-state index contributed by atoms with van der Waals surface area (Å²) in [5, 5.41) is 18.0. The van der Waals surface area contributed by atoms with E-state index in [1.54, 1.807) is 20.2 Å². The summed E-state index contributed by atoms with van der Waals surface area (Å²) in [5.41, 5.74) is 12.2. The molecule has 8 N–H and O–H groups in total. The molecule has 0 aliphatic carbocycles. The first kappa shape index (κ1) is 29.5. The van der Waals surface area contributed by atoms with Crippen molar-refractivity contribution >= 4 is 24.4 Å². The molecule has 3 amide bonds. The van der Waals surface area contributed by atoms with E-state index in [9.17, 15) is 19.5 Å². The van der Waals surface area contributed by atoms with Gasteiger partial charge in [-0.15, -0.1) is 0 Å². The number of primary amides is 1. The van der Waals surface area contributed by atoms with E-state index in [1.807, 2.05) is 20.8 Å². The monoisotopic (exact) mass is 454 g/mol. The number of hydrogen-bond acceptors (Lipinski definition) is 7. The first-order chi connectivity index (χ1) is 15.1. The largest absolute Gasteiger partial charge is 0.394 e. The summed E-state index contributed by atoms with van der Waals surface area (Å²) in [6.45, 7) is 10.3. The maximum Gasteiger partial charge on any atom is 0.245 e. The SMILES string of the molecule is C=N/C(=C\NC)CC(C)C(=O)NC(CO)C(=O)NC(CC)C(C)C(CC(N)CC)C(N)=O. The minimum absolute atomic E-state index is 0.166. The summed E-state index contributed by atoms with van der Waals surface area (Å²) >= 11 is 0. The van der Waals surface area contributed by atoms with E-state index in [0.29, 0.717) is 31.4 Å². The van der Waals surface area contributed by atoms with Crippen molar-refractivity contribution in [1.29, 1.82) is 0 Å². The Balaban J connectivity index is 5.20. The molecule has 0 rings (SSSR count). The molecule has 184 valence electrons. The van der Waals surface area contributed by atoms with Crippen LogP contribution in [0.2, 0.25) is 0 Å². The highest BCUT2D eigenvalue weighted by Gasteiger charge is 2.32. The van der Waals surface area contributed by atoms with Gasteiger partial charge in [0.15, 0.2) is 0 Å². The van der Waals surface area contributed by atoms with Crippen LogP contribution >= 0.6 is 0 Å². The molecule has 10 nitrogen and oxygen atoms in total. The number of rotatable bonds is 16. The van der Waals surface area contributed by atoms with Crippen LogP contribution in [0.4, 0.5) is 0 Å². The summed E-state index contributed by atoms with van der Waals surface area (Å²) in [6, 6.07) is -1.66. The molecule has 0 aliphatic heterocycles. The number of carbonyl (C=O) groups excluding carboxylic acids is 3. The molecule has 0 aromatic heterocycles. The molecule has 6 unspecified atom stereocenters. The average molecular weight is 455 g/mol. The van der Waals surface area contributed by atoms with Crippen LogP contribution in [0.3, 0.4) is 0 Å². The Morgan fingerprint density at radius 3 is 2.19 bits per heavy atom. The van der Waals surface area contributed by atoms with Crippen LogP contribution in [0.25, 0.3) is 0 Å². The molecule has 10 heteroatoms. The van der Waals surface area contributed by atoms with Crippen molar-refractivity contribution in [3.8, 4) is 0 Å². The molecule has 0 heterocycles. The van der Waals surface area contributed by atoms with Gasteiger partial charge in [-0.3, -0.25) is 19.4 Å². The van der Waals surface area contributed by atoms with Gasteiger partial charge in [0.1, 0.15) is 6.04 Å². The lowest BCUT2D eigenvalue weighted by Crippen LogP contribution is -2.54. The van der Waals surface area contributed by atoms with Gasteiger partial charge in [0.2, 0.25) is 17.7 Å². The van der Waals surface area contributed by atoms with Gasteiger partial charge < -0.3 is 32.5 Å². The molecule has 6 atom stereocenters. The summed E-state index contributed by atoms with van der Waals surface area (Å²) in [6.07, 6.45) is 3.64. The molecule has 0 saturated heterocycles. The van der Waals surface area contributed by atoms with Crippen molar-refractivity contribution in [3.63, 3.8) is 0 Å². The van der Waals surface area contributed by atoms with Gasteiger partial charge in [-0.05, 0) is 31.9 Å². The molecule has 0 aliphatic rings. The summed E-state index contributed by atoms with van der Waals surface area (Å²) in [5.74, 6) is -2.63. The topological polar surface area (TPSA) is 172 Å². The molecule has 0 saturated carbocycles. The van der Waals surface area contributed by atoms with Gasteiger partial charge in [-0.1, -0.05) is 27.7 Å². The number of nitrogens with one attached hydrogen (secondary N) is 3. The summed E-state index contributed by atoms with van der Waals surface area (Å²) in [7, 11) is 1.71. The zero-order valence-electron chi connectivity index (χ0n) is 20.1. The highest BCUT2D eigenvalue weighted by Crippen LogP contribution is 2.23. The molecule has 32 heavy (non-hydrogen) atoms. The van der Waals surface area contributed by atoms with E-state index in [1.165, 1.54) is 0 Å². The minimum Gasteiger partial charge on any atom is -0.394 e. The fourth-order valence-electron chi connectivity index (χ4n) is 3.50. The van der Waals surface area contributed by atoms with Crippen molar-refractivity contribution in [2.24, 2.45) is 34.2 Å². The molecular weight excluding hydrogens is 412 g/mol. The fourth-order valence-corrected chi connectivity index (χ4v) is 3.50. The third kappa shape index (κ3) is 9.78. The van der Waals surface area contributed by atoms with Crippen molar-refractivity contribution in [3.05, 3.63) is 11.9 Å². The van der Waals surface area contributed by atoms with Gasteiger partial charge in [-0.2, -0.15) is 0 Å². The highest BCUT2D eigenvalue weighted by molar-refractivity contribution is 5.88. The number of aliphatic hydroxyl groups is 1. The van der Waals surface area contributed by atoms with Gasteiger partial charge in [0, 0.05) is 43.6 Å². The maximum atomic E-state index is 12.8. The Morgan fingerprint density at radius 2 is 1.75 bits per heavy atom. The Morgan fingerprint density at radius 1 is 1.12 bits per heavy atom. The normalized spacial score (nSPS) is 17.3. The number of aliphatic imine (C=N–C) groups is 1. The van der Waals surface area contributed by atoms with Crippen LogP contribution in [0, 0.1) is 17.8 Å². The number of carbonyl (C=O) groups is 3. The molecule has 0 spiro atoms. The number of allylic oxidation sites excluding steroid dienone is 1.